The van der Waals surface area contributed by atoms with Gasteiger partial charge < -0.3 is 4.90 Å². The predicted octanol–water partition coefficient (Wildman–Crippen LogP) is 4.77. The summed E-state index contributed by atoms with van der Waals surface area (Å²) in [7, 11) is 3.97. The molecule has 0 bridgehead atoms. The summed E-state index contributed by atoms with van der Waals surface area (Å²) in [6.45, 7) is 4.34. The maximum Gasteiger partial charge on any atom is 0.185 e. The second-order valence-corrected chi connectivity index (χ2v) is 5.96. The van der Waals surface area contributed by atoms with Gasteiger partial charge in [-0.15, -0.1) is 0 Å². The minimum absolute atomic E-state index is 0.0262. The lowest BCUT2D eigenvalue weighted by atomic mass is 10.0. The number of benzene rings is 2. The Labute approximate surface area is 133 Å². The van der Waals surface area contributed by atoms with Crippen LogP contribution in [0.4, 0.5) is 5.69 Å². The van der Waals surface area contributed by atoms with E-state index in [0.29, 0.717) is 11.5 Å². The smallest absolute Gasteiger partial charge is 0.185 e. The lowest BCUT2D eigenvalue weighted by molar-refractivity contribution is 0.104. The van der Waals surface area contributed by atoms with Crippen LogP contribution in [0, 0.1) is 0 Å². The zero-order chi connectivity index (χ0) is 16.1. The molecule has 0 aliphatic carbocycles. The lowest BCUT2D eigenvalue weighted by Gasteiger charge is -2.11. The summed E-state index contributed by atoms with van der Waals surface area (Å²) in [6.07, 6.45) is 3.50. The van der Waals surface area contributed by atoms with Crippen LogP contribution in [0.1, 0.15) is 41.3 Å². The lowest BCUT2D eigenvalue weighted by Crippen LogP contribution is -2.08. The molecule has 0 fully saturated rings. The Hall–Kier alpha value is -2.35. The van der Waals surface area contributed by atoms with Crippen molar-refractivity contribution in [2.75, 3.05) is 19.0 Å². The minimum Gasteiger partial charge on any atom is -0.378 e. The molecule has 0 atom stereocenters. The van der Waals surface area contributed by atoms with E-state index in [-0.39, 0.29) is 5.78 Å². The number of allylic oxidation sites excluding steroid dienone is 1. The van der Waals surface area contributed by atoms with Gasteiger partial charge in [0, 0.05) is 25.3 Å². The van der Waals surface area contributed by atoms with Crippen molar-refractivity contribution in [2.24, 2.45) is 0 Å². The molecule has 114 valence electrons. The number of rotatable bonds is 5. The normalized spacial score (nSPS) is 11.1. The minimum atomic E-state index is 0.0262. The fourth-order valence-electron chi connectivity index (χ4n) is 2.18. The molecular weight excluding hydrogens is 270 g/mol. The van der Waals surface area contributed by atoms with Gasteiger partial charge in [-0.2, -0.15) is 0 Å². The molecule has 0 aliphatic heterocycles. The summed E-state index contributed by atoms with van der Waals surface area (Å²) in [5.41, 5.74) is 4.15. The van der Waals surface area contributed by atoms with Gasteiger partial charge in [-0.3, -0.25) is 4.79 Å². The topological polar surface area (TPSA) is 20.3 Å². The number of anilines is 1. The van der Waals surface area contributed by atoms with Crippen molar-refractivity contribution >= 4 is 17.5 Å². The molecule has 2 rings (SSSR count). The highest BCUT2D eigenvalue weighted by atomic mass is 16.1. The summed E-state index contributed by atoms with van der Waals surface area (Å²) in [5, 5.41) is 0. The van der Waals surface area contributed by atoms with Crippen molar-refractivity contribution in [3.63, 3.8) is 0 Å². The van der Waals surface area contributed by atoms with Crippen molar-refractivity contribution in [3.05, 3.63) is 71.3 Å². The Morgan fingerprint density at radius 3 is 2.05 bits per heavy atom. The maximum atomic E-state index is 12.2. The highest BCUT2D eigenvalue weighted by molar-refractivity contribution is 6.06. The average Bonchev–Trinajstić information content (AvgIpc) is 2.53. The van der Waals surface area contributed by atoms with E-state index in [1.165, 1.54) is 5.56 Å². The molecule has 2 aromatic rings. The molecule has 2 nitrogen and oxygen atoms in total. The molecule has 0 saturated heterocycles. The third kappa shape index (κ3) is 4.08. The number of hydrogen-bond acceptors (Lipinski definition) is 2. The van der Waals surface area contributed by atoms with Crippen molar-refractivity contribution in [1.82, 2.24) is 0 Å². The fourth-order valence-corrected chi connectivity index (χ4v) is 2.18. The molecule has 2 aromatic carbocycles. The van der Waals surface area contributed by atoms with Crippen LogP contribution in [0.25, 0.3) is 6.08 Å². The molecule has 0 radical (unpaired) electrons. The largest absolute Gasteiger partial charge is 0.378 e. The van der Waals surface area contributed by atoms with Crippen molar-refractivity contribution in [2.45, 2.75) is 19.8 Å². The quantitative estimate of drug-likeness (QED) is 0.584. The Morgan fingerprint density at radius 1 is 0.955 bits per heavy atom. The Morgan fingerprint density at radius 2 is 1.55 bits per heavy atom. The van der Waals surface area contributed by atoms with E-state index in [4.69, 9.17) is 0 Å². The van der Waals surface area contributed by atoms with Crippen molar-refractivity contribution in [1.29, 1.82) is 0 Å². The number of nitrogens with zero attached hydrogens (tertiary/aromatic N) is 1. The zero-order valence-corrected chi connectivity index (χ0v) is 13.7. The number of carbonyl (C=O) groups is 1. The first-order valence-corrected chi connectivity index (χ1v) is 7.57. The second kappa shape index (κ2) is 7.08. The van der Waals surface area contributed by atoms with Gasteiger partial charge in [0.05, 0.1) is 0 Å². The van der Waals surface area contributed by atoms with E-state index in [1.807, 2.05) is 61.5 Å². The van der Waals surface area contributed by atoms with Crippen LogP contribution in [0.3, 0.4) is 0 Å². The molecule has 0 aliphatic rings. The third-order valence-corrected chi connectivity index (χ3v) is 3.70. The van der Waals surface area contributed by atoms with Gasteiger partial charge >= 0.3 is 0 Å². The summed E-state index contributed by atoms with van der Waals surface area (Å²) >= 11 is 0. The SMILES string of the molecule is CC(C)c1ccc(/C=C/C(=O)c2ccc(N(C)C)cc2)cc1. The molecule has 22 heavy (non-hydrogen) atoms. The molecule has 0 amide bonds. The van der Waals surface area contributed by atoms with E-state index in [2.05, 4.69) is 26.0 Å². The fraction of sp³-hybridized carbons (Fsp3) is 0.250. The average molecular weight is 293 g/mol. The van der Waals surface area contributed by atoms with Gasteiger partial charge in [0.15, 0.2) is 5.78 Å². The van der Waals surface area contributed by atoms with Gasteiger partial charge in [-0.1, -0.05) is 44.2 Å². The molecule has 0 heterocycles. The molecule has 0 unspecified atom stereocenters. The Balaban J connectivity index is 2.07. The van der Waals surface area contributed by atoms with Crippen molar-refractivity contribution < 1.29 is 4.79 Å². The molecule has 0 N–H and O–H groups in total. The summed E-state index contributed by atoms with van der Waals surface area (Å²) < 4.78 is 0. The molecule has 2 heteroatoms. The number of ketones is 1. The Bertz CT molecular complexity index is 649. The first-order valence-electron chi connectivity index (χ1n) is 7.57. The molecule has 0 spiro atoms. The monoisotopic (exact) mass is 293 g/mol. The van der Waals surface area contributed by atoms with Crippen LogP contribution in [0.5, 0.6) is 0 Å². The van der Waals surface area contributed by atoms with Crippen LogP contribution in [-0.4, -0.2) is 19.9 Å². The number of carbonyl (C=O) groups excluding carboxylic acids is 1. The molecule has 0 saturated carbocycles. The first-order chi connectivity index (χ1) is 10.5. The van der Waals surface area contributed by atoms with Crippen LogP contribution in [0.15, 0.2) is 54.6 Å². The standard InChI is InChI=1S/C20H23NO/c1-15(2)17-8-5-16(6-9-17)7-14-20(22)18-10-12-19(13-11-18)21(3)4/h5-15H,1-4H3/b14-7+. The summed E-state index contributed by atoms with van der Waals surface area (Å²) in [6, 6.07) is 16.0. The van der Waals surface area contributed by atoms with Crippen LogP contribution in [-0.2, 0) is 0 Å². The Kier molecular flexibility index (Phi) is 5.16. The highest BCUT2D eigenvalue weighted by Gasteiger charge is 2.03. The third-order valence-electron chi connectivity index (χ3n) is 3.70. The number of hydrogen-bond donors (Lipinski definition) is 0. The van der Waals surface area contributed by atoms with Gasteiger partial charge in [0.1, 0.15) is 0 Å². The van der Waals surface area contributed by atoms with E-state index in [1.54, 1.807) is 6.08 Å². The molecular formula is C20H23NO. The first kappa shape index (κ1) is 16.0. The van der Waals surface area contributed by atoms with Gasteiger partial charge in [0.25, 0.3) is 0 Å². The highest BCUT2D eigenvalue weighted by Crippen LogP contribution is 2.16. The predicted molar refractivity (Wildman–Crippen MR) is 94.7 cm³/mol. The van der Waals surface area contributed by atoms with E-state index in [0.717, 1.165) is 11.3 Å². The van der Waals surface area contributed by atoms with Crippen LogP contribution >= 0.6 is 0 Å². The van der Waals surface area contributed by atoms with Gasteiger partial charge in [-0.25, -0.2) is 0 Å². The summed E-state index contributed by atoms with van der Waals surface area (Å²) in [4.78, 5) is 14.2. The van der Waals surface area contributed by atoms with Crippen LogP contribution in [0.2, 0.25) is 0 Å². The van der Waals surface area contributed by atoms with Gasteiger partial charge in [0.2, 0.25) is 0 Å². The van der Waals surface area contributed by atoms with E-state index < -0.39 is 0 Å². The van der Waals surface area contributed by atoms with Gasteiger partial charge in [-0.05, 0) is 47.4 Å². The second-order valence-electron chi connectivity index (χ2n) is 5.96. The zero-order valence-electron chi connectivity index (χ0n) is 13.7. The molecule has 0 aromatic heterocycles. The van der Waals surface area contributed by atoms with E-state index in [9.17, 15) is 4.79 Å². The summed E-state index contributed by atoms with van der Waals surface area (Å²) in [5.74, 6) is 0.549. The van der Waals surface area contributed by atoms with E-state index >= 15 is 0 Å². The van der Waals surface area contributed by atoms with Crippen LogP contribution < -0.4 is 4.90 Å². The van der Waals surface area contributed by atoms with Crippen molar-refractivity contribution in [3.8, 4) is 0 Å². The maximum absolute atomic E-state index is 12.2.